The standard InChI is InChI=1S/C17H33N5O.HI/c1-14(12-21-7-3-4-8-21)11-20-17(19-2)22-9-5-6-15(13-22)10-16(18)23;/h14-15H,3-13H2,1-2H3,(H2,18,23)(H,19,20);1H. The third kappa shape index (κ3) is 7.13. The lowest BCUT2D eigenvalue weighted by atomic mass is 9.95. The van der Waals surface area contributed by atoms with Crippen molar-refractivity contribution in [2.45, 2.75) is 39.0 Å². The van der Waals surface area contributed by atoms with Gasteiger partial charge in [0.05, 0.1) is 0 Å². The summed E-state index contributed by atoms with van der Waals surface area (Å²) in [7, 11) is 1.84. The molecule has 0 aromatic carbocycles. The molecule has 2 fully saturated rings. The lowest BCUT2D eigenvalue weighted by Crippen LogP contribution is -2.48. The van der Waals surface area contributed by atoms with E-state index in [4.69, 9.17) is 5.73 Å². The summed E-state index contributed by atoms with van der Waals surface area (Å²) < 4.78 is 0. The Hall–Kier alpha value is -0.570. The van der Waals surface area contributed by atoms with E-state index >= 15 is 0 Å². The molecule has 140 valence electrons. The lowest BCUT2D eigenvalue weighted by Gasteiger charge is -2.35. The monoisotopic (exact) mass is 451 g/mol. The molecule has 0 saturated carbocycles. The highest BCUT2D eigenvalue weighted by molar-refractivity contribution is 14.0. The Labute approximate surface area is 163 Å². The first kappa shape index (κ1) is 21.5. The van der Waals surface area contributed by atoms with Gasteiger partial charge in [0, 0.05) is 39.6 Å². The molecule has 24 heavy (non-hydrogen) atoms. The van der Waals surface area contributed by atoms with E-state index in [0.717, 1.165) is 45.0 Å². The van der Waals surface area contributed by atoms with E-state index in [1.54, 1.807) is 0 Å². The molecule has 3 N–H and O–H groups in total. The molecule has 2 atom stereocenters. The fourth-order valence-electron chi connectivity index (χ4n) is 3.78. The molecular weight excluding hydrogens is 417 g/mol. The van der Waals surface area contributed by atoms with Gasteiger partial charge in [-0.25, -0.2) is 0 Å². The summed E-state index contributed by atoms with van der Waals surface area (Å²) in [5, 5.41) is 3.52. The summed E-state index contributed by atoms with van der Waals surface area (Å²) in [5.41, 5.74) is 5.35. The summed E-state index contributed by atoms with van der Waals surface area (Å²) >= 11 is 0. The van der Waals surface area contributed by atoms with Crippen LogP contribution in [0.25, 0.3) is 0 Å². The van der Waals surface area contributed by atoms with Crippen LogP contribution < -0.4 is 11.1 Å². The molecule has 0 spiro atoms. The van der Waals surface area contributed by atoms with Crippen LogP contribution in [0.2, 0.25) is 0 Å². The number of likely N-dealkylation sites (tertiary alicyclic amines) is 2. The van der Waals surface area contributed by atoms with E-state index in [2.05, 4.69) is 27.0 Å². The molecule has 2 rings (SSSR count). The number of guanidine groups is 1. The number of carbonyl (C=O) groups is 1. The normalized spacial score (nSPS) is 23.7. The van der Waals surface area contributed by atoms with Crippen molar-refractivity contribution in [2.24, 2.45) is 22.6 Å². The van der Waals surface area contributed by atoms with Gasteiger partial charge in [0.15, 0.2) is 5.96 Å². The second-order valence-corrected chi connectivity index (χ2v) is 7.17. The number of rotatable bonds is 6. The number of carbonyl (C=O) groups excluding carboxylic acids is 1. The number of hydrogen-bond acceptors (Lipinski definition) is 3. The third-order valence-electron chi connectivity index (χ3n) is 4.90. The molecule has 1 amide bonds. The minimum Gasteiger partial charge on any atom is -0.370 e. The van der Waals surface area contributed by atoms with Crippen LogP contribution in [0.5, 0.6) is 0 Å². The van der Waals surface area contributed by atoms with Gasteiger partial charge in [-0.2, -0.15) is 0 Å². The molecule has 2 heterocycles. The van der Waals surface area contributed by atoms with Crippen molar-refractivity contribution in [3.05, 3.63) is 0 Å². The Morgan fingerprint density at radius 2 is 2.00 bits per heavy atom. The Morgan fingerprint density at radius 1 is 1.29 bits per heavy atom. The van der Waals surface area contributed by atoms with Gasteiger partial charge in [0.1, 0.15) is 0 Å². The van der Waals surface area contributed by atoms with Crippen LogP contribution in [0.15, 0.2) is 4.99 Å². The third-order valence-corrected chi connectivity index (χ3v) is 4.90. The Balaban J connectivity index is 0.00000288. The predicted octanol–water partition coefficient (Wildman–Crippen LogP) is 1.50. The number of hydrogen-bond donors (Lipinski definition) is 2. The summed E-state index contributed by atoms with van der Waals surface area (Å²) in [5.74, 6) is 1.74. The van der Waals surface area contributed by atoms with Crippen LogP contribution in [0.1, 0.15) is 39.0 Å². The summed E-state index contributed by atoms with van der Waals surface area (Å²) in [6, 6.07) is 0. The van der Waals surface area contributed by atoms with E-state index in [9.17, 15) is 4.79 Å². The fourth-order valence-corrected chi connectivity index (χ4v) is 3.78. The SMILES string of the molecule is CN=C(NCC(C)CN1CCCC1)N1CCCC(CC(N)=O)C1.I. The molecular formula is C17H34IN5O. The van der Waals surface area contributed by atoms with Crippen molar-refractivity contribution in [3.8, 4) is 0 Å². The minimum atomic E-state index is -0.195. The van der Waals surface area contributed by atoms with Crippen LogP contribution in [-0.4, -0.2) is 68.0 Å². The Bertz CT molecular complexity index is 412. The average molecular weight is 451 g/mol. The molecule has 6 nitrogen and oxygen atoms in total. The highest BCUT2D eigenvalue weighted by atomic mass is 127. The number of nitrogens with zero attached hydrogens (tertiary/aromatic N) is 3. The van der Waals surface area contributed by atoms with Gasteiger partial charge < -0.3 is 20.9 Å². The van der Waals surface area contributed by atoms with Gasteiger partial charge in [-0.1, -0.05) is 6.92 Å². The van der Waals surface area contributed by atoms with E-state index in [0.29, 0.717) is 18.3 Å². The maximum absolute atomic E-state index is 11.1. The number of amides is 1. The molecule has 7 heteroatoms. The maximum atomic E-state index is 11.1. The summed E-state index contributed by atoms with van der Waals surface area (Å²) in [4.78, 5) is 20.4. The number of halogens is 1. The Kier molecular flexibility index (Phi) is 9.95. The minimum absolute atomic E-state index is 0. The van der Waals surface area contributed by atoms with Crippen molar-refractivity contribution in [1.82, 2.24) is 15.1 Å². The van der Waals surface area contributed by atoms with Gasteiger partial charge in [-0.15, -0.1) is 24.0 Å². The van der Waals surface area contributed by atoms with Crippen LogP contribution in [-0.2, 0) is 4.79 Å². The zero-order chi connectivity index (χ0) is 16.7. The molecule has 0 bridgehead atoms. The van der Waals surface area contributed by atoms with Crippen LogP contribution in [0, 0.1) is 11.8 Å². The lowest BCUT2D eigenvalue weighted by molar-refractivity contribution is -0.119. The maximum Gasteiger partial charge on any atom is 0.217 e. The highest BCUT2D eigenvalue weighted by Gasteiger charge is 2.24. The molecule has 2 saturated heterocycles. The van der Waals surface area contributed by atoms with Gasteiger partial charge in [0.25, 0.3) is 0 Å². The molecule has 2 aliphatic heterocycles. The predicted molar refractivity (Wildman–Crippen MR) is 110 cm³/mol. The molecule has 0 radical (unpaired) electrons. The fraction of sp³-hybridized carbons (Fsp3) is 0.882. The quantitative estimate of drug-likeness (QED) is 0.365. The van der Waals surface area contributed by atoms with Crippen molar-refractivity contribution in [2.75, 3.05) is 46.3 Å². The van der Waals surface area contributed by atoms with E-state index in [1.165, 1.54) is 25.9 Å². The first-order valence-corrected chi connectivity index (χ1v) is 9.04. The Morgan fingerprint density at radius 3 is 2.62 bits per heavy atom. The zero-order valence-corrected chi connectivity index (χ0v) is 17.5. The largest absolute Gasteiger partial charge is 0.370 e. The van der Waals surface area contributed by atoms with E-state index in [1.807, 2.05) is 7.05 Å². The molecule has 0 aromatic heterocycles. The van der Waals surface area contributed by atoms with Crippen molar-refractivity contribution < 1.29 is 4.79 Å². The molecule has 0 aromatic rings. The second kappa shape index (κ2) is 11.1. The van der Waals surface area contributed by atoms with Crippen molar-refractivity contribution in [1.29, 1.82) is 0 Å². The van der Waals surface area contributed by atoms with Gasteiger partial charge in [-0.3, -0.25) is 9.79 Å². The van der Waals surface area contributed by atoms with Crippen LogP contribution in [0.3, 0.4) is 0 Å². The number of nitrogens with one attached hydrogen (secondary N) is 1. The molecule has 2 aliphatic rings. The topological polar surface area (TPSA) is 74.0 Å². The smallest absolute Gasteiger partial charge is 0.217 e. The first-order chi connectivity index (χ1) is 11.1. The van der Waals surface area contributed by atoms with Crippen LogP contribution in [0.4, 0.5) is 0 Å². The first-order valence-electron chi connectivity index (χ1n) is 9.04. The summed E-state index contributed by atoms with van der Waals surface area (Å²) in [6.45, 7) is 8.79. The molecule has 0 aliphatic carbocycles. The van der Waals surface area contributed by atoms with Crippen LogP contribution >= 0.6 is 24.0 Å². The van der Waals surface area contributed by atoms with Gasteiger partial charge >= 0.3 is 0 Å². The van der Waals surface area contributed by atoms with E-state index < -0.39 is 0 Å². The molecule has 2 unspecified atom stereocenters. The van der Waals surface area contributed by atoms with Gasteiger partial charge in [-0.05, 0) is 50.6 Å². The zero-order valence-electron chi connectivity index (χ0n) is 15.2. The van der Waals surface area contributed by atoms with Crippen molar-refractivity contribution in [3.63, 3.8) is 0 Å². The average Bonchev–Trinajstić information content (AvgIpc) is 3.00. The summed E-state index contributed by atoms with van der Waals surface area (Å²) in [6.07, 6.45) is 5.36. The number of aliphatic imine (C=N–C) groups is 1. The van der Waals surface area contributed by atoms with Gasteiger partial charge in [0.2, 0.25) is 5.91 Å². The highest BCUT2D eigenvalue weighted by Crippen LogP contribution is 2.19. The number of primary amides is 1. The van der Waals surface area contributed by atoms with E-state index in [-0.39, 0.29) is 29.9 Å². The second-order valence-electron chi connectivity index (χ2n) is 7.17. The van der Waals surface area contributed by atoms with Crippen molar-refractivity contribution >= 4 is 35.8 Å². The number of piperidine rings is 1. The number of nitrogens with two attached hydrogens (primary N) is 1.